The van der Waals surface area contributed by atoms with E-state index < -0.39 is 5.91 Å². The number of primary amides is 1. The zero-order valence-electron chi connectivity index (χ0n) is 10.8. The second-order valence-corrected chi connectivity index (χ2v) is 4.25. The fourth-order valence-electron chi connectivity index (χ4n) is 2.26. The van der Waals surface area contributed by atoms with Crippen LogP contribution in [0.3, 0.4) is 0 Å². The number of fused-ring (bicyclic) bond motifs is 1. The Morgan fingerprint density at radius 2 is 1.95 bits per heavy atom. The van der Waals surface area contributed by atoms with E-state index in [-0.39, 0.29) is 5.69 Å². The number of methoxy groups -OCH3 is 1. The molecule has 100 valence electrons. The number of amides is 1. The van der Waals surface area contributed by atoms with E-state index in [9.17, 15) is 4.79 Å². The number of nitrogens with one attached hydrogen (secondary N) is 1. The number of H-pyrrole nitrogens is 1. The summed E-state index contributed by atoms with van der Waals surface area (Å²) in [7, 11) is 1.60. The number of hydrogen-bond donors (Lipinski definition) is 2. The number of nitrogens with two attached hydrogens (primary N) is 1. The lowest BCUT2D eigenvalue weighted by Crippen LogP contribution is -2.12. The summed E-state index contributed by atoms with van der Waals surface area (Å²) in [6.45, 7) is 0. The van der Waals surface area contributed by atoms with Crippen LogP contribution in [-0.4, -0.2) is 28.4 Å². The second kappa shape index (κ2) is 4.65. The lowest BCUT2D eigenvalue weighted by atomic mass is 10.00. The van der Waals surface area contributed by atoms with Crippen molar-refractivity contribution in [1.82, 2.24) is 15.4 Å². The van der Waals surface area contributed by atoms with E-state index >= 15 is 0 Å². The number of aromatic nitrogens is 3. The first-order chi connectivity index (χ1) is 9.72. The molecule has 0 spiro atoms. The molecular formula is C14H12N4O2. The van der Waals surface area contributed by atoms with Gasteiger partial charge in [0.05, 0.1) is 7.11 Å². The molecule has 3 rings (SSSR count). The molecule has 3 N–H and O–H groups in total. The molecule has 0 fully saturated rings. The highest BCUT2D eigenvalue weighted by molar-refractivity contribution is 6.05. The lowest BCUT2D eigenvalue weighted by molar-refractivity contribution is 0.0996. The molecule has 3 aromatic rings. The van der Waals surface area contributed by atoms with E-state index in [2.05, 4.69) is 15.4 Å². The van der Waals surface area contributed by atoms with Gasteiger partial charge in [-0.15, -0.1) is 0 Å². The van der Waals surface area contributed by atoms with Crippen molar-refractivity contribution < 1.29 is 9.53 Å². The third-order valence-electron chi connectivity index (χ3n) is 3.12. The normalized spacial score (nSPS) is 10.7. The molecule has 0 bridgehead atoms. The molecule has 0 aliphatic heterocycles. The molecule has 0 radical (unpaired) electrons. The molecule has 1 heterocycles. The maximum atomic E-state index is 11.4. The number of nitrogens with zero attached hydrogens (tertiary/aromatic N) is 2. The summed E-state index contributed by atoms with van der Waals surface area (Å²) in [5.74, 6) is 0.0807. The van der Waals surface area contributed by atoms with Crippen LogP contribution in [0.2, 0.25) is 0 Å². The zero-order chi connectivity index (χ0) is 14.1. The number of benzene rings is 2. The van der Waals surface area contributed by atoms with Crippen LogP contribution >= 0.6 is 0 Å². The topological polar surface area (TPSA) is 93.9 Å². The summed E-state index contributed by atoms with van der Waals surface area (Å²) in [6, 6.07) is 11.4. The third-order valence-corrected chi connectivity index (χ3v) is 3.12. The van der Waals surface area contributed by atoms with E-state index in [4.69, 9.17) is 10.5 Å². The number of aromatic amines is 1. The van der Waals surface area contributed by atoms with E-state index in [1.807, 2.05) is 36.4 Å². The van der Waals surface area contributed by atoms with Crippen LogP contribution < -0.4 is 10.5 Å². The van der Waals surface area contributed by atoms with Gasteiger partial charge in [-0.3, -0.25) is 4.79 Å². The minimum atomic E-state index is -0.624. The summed E-state index contributed by atoms with van der Waals surface area (Å²) in [5, 5.41) is 12.1. The number of hydrogen-bond acceptors (Lipinski definition) is 4. The molecule has 0 aliphatic rings. The average molecular weight is 268 g/mol. The third kappa shape index (κ3) is 1.78. The molecule has 6 nitrogen and oxygen atoms in total. The summed E-state index contributed by atoms with van der Waals surface area (Å²) >= 11 is 0. The van der Waals surface area contributed by atoms with Crippen LogP contribution in [0.5, 0.6) is 5.75 Å². The predicted molar refractivity (Wildman–Crippen MR) is 74.4 cm³/mol. The Balaban J connectivity index is 2.36. The van der Waals surface area contributed by atoms with Gasteiger partial charge < -0.3 is 10.5 Å². The molecule has 6 heteroatoms. The van der Waals surface area contributed by atoms with Gasteiger partial charge in [0.25, 0.3) is 5.91 Å². The van der Waals surface area contributed by atoms with Crippen molar-refractivity contribution in [3.05, 3.63) is 42.1 Å². The Labute approximate surface area is 114 Å². The smallest absolute Gasteiger partial charge is 0.271 e. The lowest BCUT2D eigenvalue weighted by Gasteiger charge is -2.09. The molecule has 2 aromatic carbocycles. The van der Waals surface area contributed by atoms with Crippen molar-refractivity contribution >= 4 is 16.7 Å². The van der Waals surface area contributed by atoms with Crippen LogP contribution in [0.25, 0.3) is 22.0 Å². The highest BCUT2D eigenvalue weighted by atomic mass is 16.5. The van der Waals surface area contributed by atoms with E-state index in [1.54, 1.807) is 7.11 Å². The zero-order valence-corrected chi connectivity index (χ0v) is 10.8. The quantitative estimate of drug-likeness (QED) is 0.756. The molecule has 0 saturated heterocycles. The van der Waals surface area contributed by atoms with Crippen molar-refractivity contribution in [2.24, 2.45) is 5.73 Å². The number of carbonyl (C=O) groups is 1. The fraction of sp³-hybridized carbons (Fsp3) is 0.0714. The van der Waals surface area contributed by atoms with Gasteiger partial charge in [0.15, 0.2) is 5.69 Å². The fourth-order valence-corrected chi connectivity index (χ4v) is 2.26. The molecule has 0 saturated carbocycles. The molecule has 0 aliphatic carbocycles. The Morgan fingerprint density at radius 1 is 1.20 bits per heavy atom. The number of rotatable bonds is 3. The SMILES string of the molecule is COc1cccc2cccc(-c3n[nH]nc3C(N)=O)c12. The first-order valence-electron chi connectivity index (χ1n) is 5.99. The maximum absolute atomic E-state index is 11.4. The van der Waals surface area contributed by atoms with Crippen LogP contribution in [0.1, 0.15) is 10.5 Å². The molecule has 1 amide bonds. The van der Waals surface area contributed by atoms with E-state index in [0.717, 1.165) is 16.3 Å². The Hall–Kier alpha value is -2.89. The summed E-state index contributed by atoms with van der Waals surface area (Å²) in [6.07, 6.45) is 0. The van der Waals surface area contributed by atoms with E-state index in [1.165, 1.54) is 0 Å². The number of ether oxygens (including phenoxy) is 1. The van der Waals surface area contributed by atoms with Crippen molar-refractivity contribution in [2.75, 3.05) is 7.11 Å². The predicted octanol–water partition coefficient (Wildman–Crippen LogP) is 1.73. The Kier molecular flexibility index (Phi) is 2.83. The van der Waals surface area contributed by atoms with Crippen molar-refractivity contribution in [3.63, 3.8) is 0 Å². The molecule has 0 atom stereocenters. The molecule has 20 heavy (non-hydrogen) atoms. The average Bonchev–Trinajstić information content (AvgIpc) is 2.95. The van der Waals surface area contributed by atoms with Crippen LogP contribution in [0, 0.1) is 0 Å². The highest BCUT2D eigenvalue weighted by Crippen LogP contribution is 2.35. The van der Waals surface area contributed by atoms with Gasteiger partial charge in [0.1, 0.15) is 11.4 Å². The van der Waals surface area contributed by atoms with Gasteiger partial charge in [0.2, 0.25) is 0 Å². The maximum Gasteiger partial charge on any atom is 0.271 e. The molecular weight excluding hydrogens is 256 g/mol. The van der Waals surface area contributed by atoms with Gasteiger partial charge in [-0.25, -0.2) is 0 Å². The van der Waals surface area contributed by atoms with Crippen LogP contribution in [0.15, 0.2) is 36.4 Å². The first kappa shape index (κ1) is 12.2. The summed E-state index contributed by atoms with van der Waals surface area (Å²) in [4.78, 5) is 11.4. The van der Waals surface area contributed by atoms with Gasteiger partial charge in [-0.1, -0.05) is 30.3 Å². The van der Waals surface area contributed by atoms with Gasteiger partial charge in [0, 0.05) is 10.9 Å². The number of carbonyl (C=O) groups excluding carboxylic acids is 1. The van der Waals surface area contributed by atoms with Gasteiger partial charge in [-0.05, 0) is 11.5 Å². The minimum absolute atomic E-state index is 0.114. The van der Waals surface area contributed by atoms with Crippen LogP contribution in [-0.2, 0) is 0 Å². The summed E-state index contributed by atoms with van der Waals surface area (Å²) in [5.41, 5.74) is 6.61. The highest BCUT2D eigenvalue weighted by Gasteiger charge is 2.18. The van der Waals surface area contributed by atoms with Gasteiger partial charge in [-0.2, -0.15) is 15.4 Å². The van der Waals surface area contributed by atoms with Crippen molar-refractivity contribution in [2.45, 2.75) is 0 Å². The monoisotopic (exact) mass is 268 g/mol. The van der Waals surface area contributed by atoms with E-state index in [0.29, 0.717) is 11.4 Å². The molecule has 1 aromatic heterocycles. The standard InChI is InChI=1S/C14H12N4O2/c1-20-10-7-3-5-8-4-2-6-9(11(8)10)12-13(14(15)19)17-18-16-12/h2-7H,1H3,(H2,15,19)(H,16,17,18). The molecule has 0 unspecified atom stereocenters. The van der Waals surface area contributed by atoms with Gasteiger partial charge >= 0.3 is 0 Å². The van der Waals surface area contributed by atoms with Crippen LogP contribution in [0.4, 0.5) is 0 Å². The Bertz CT molecular complexity index is 789. The second-order valence-electron chi connectivity index (χ2n) is 4.25. The Morgan fingerprint density at radius 3 is 2.65 bits per heavy atom. The van der Waals surface area contributed by atoms with Crippen molar-refractivity contribution in [1.29, 1.82) is 0 Å². The van der Waals surface area contributed by atoms with Crippen molar-refractivity contribution in [3.8, 4) is 17.0 Å². The largest absolute Gasteiger partial charge is 0.496 e. The summed E-state index contributed by atoms with van der Waals surface area (Å²) < 4.78 is 5.39. The minimum Gasteiger partial charge on any atom is -0.496 e. The first-order valence-corrected chi connectivity index (χ1v) is 5.99.